The normalized spacial score (nSPS) is 12.1. The molecule has 1 aromatic carbocycles. The highest BCUT2D eigenvalue weighted by molar-refractivity contribution is 5.78. The Labute approximate surface area is 115 Å². The molecular weight excluding hydrogens is 240 g/mol. The fourth-order valence-electron chi connectivity index (χ4n) is 2.14. The topological polar surface area (TPSA) is 55.6 Å². The number of hydrogen-bond acceptors (Lipinski definition) is 3. The van der Waals surface area contributed by atoms with E-state index in [1.54, 1.807) is 12.0 Å². The van der Waals surface area contributed by atoms with Gasteiger partial charge in [-0.2, -0.15) is 0 Å². The lowest BCUT2D eigenvalue weighted by Crippen LogP contribution is -2.32. The van der Waals surface area contributed by atoms with Crippen LogP contribution in [-0.4, -0.2) is 31.5 Å². The Kier molecular flexibility index (Phi) is 5.83. The van der Waals surface area contributed by atoms with Crippen molar-refractivity contribution in [2.75, 3.05) is 20.7 Å². The van der Waals surface area contributed by atoms with Crippen molar-refractivity contribution < 1.29 is 9.53 Å². The van der Waals surface area contributed by atoms with Gasteiger partial charge in [0.25, 0.3) is 0 Å². The van der Waals surface area contributed by atoms with E-state index in [0.29, 0.717) is 13.1 Å². The first-order valence-corrected chi connectivity index (χ1v) is 6.58. The number of amides is 1. The van der Waals surface area contributed by atoms with Crippen LogP contribution in [0.5, 0.6) is 5.75 Å². The Bertz CT molecular complexity index is 432. The number of carbonyl (C=O) groups excluding carboxylic acids is 1. The third-order valence-electron chi connectivity index (χ3n) is 3.28. The molecule has 1 amide bonds. The Morgan fingerprint density at radius 3 is 2.68 bits per heavy atom. The summed E-state index contributed by atoms with van der Waals surface area (Å²) in [4.78, 5) is 13.8. The number of nitrogens with zero attached hydrogens (tertiary/aromatic N) is 1. The molecule has 19 heavy (non-hydrogen) atoms. The number of rotatable bonds is 6. The van der Waals surface area contributed by atoms with Crippen molar-refractivity contribution in [1.82, 2.24) is 4.90 Å². The van der Waals surface area contributed by atoms with Gasteiger partial charge in [0.1, 0.15) is 5.75 Å². The summed E-state index contributed by atoms with van der Waals surface area (Å²) in [6.07, 6.45) is 0.727. The number of benzene rings is 1. The molecule has 0 radical (unpaired) electrons. The van der Waals surface area contributed by atoms with Crippen molar-refractivity contribution in [2.45, 2.75) is 26.8 Å². The lowest BCUT2D eigenvalue weighted by molar-refractivity contribution is -0.134. The van der Waals surface area contributed by atoms with E-state index in [-0.39, 0.29) is 11.8 Å². The van der Waals surface area contributed by atoms with Gasteiger partial charge in [0.2, 0.25) is 5.91 Å². The molecule has 0 aliphatic rings. The lowest BCUT2D eigenvalue weighted by atomic mass is 10.1. The molecule has 1 rings (SSSR count). The van der Waals surface area contributed by atoms with Crippen LogP contribution in [0.4, 0.5) is 0 Å². The minimum Gasteiger partial charge on any atom is -0.496 e. The fraction of sp³-hybridized carbons (Fsp3) is 0.533. The first-order valence-electron chi connectivity index (χ1n) is 6.58. The Morgan fingerprint density at radius 2 is 2.16 bits per heavy atom. The van der Waals surface area contributed by atoms with Crippen molar-refractivity contribution >= 4 is 5.91 Å². The molecule has 2 N–H and O–H groups in total. The van der Waals surface area contributed by atoms with Gasteiger partial charge >= 0.3 is 0 Å². The molecule has 0 aromatic heterocycles. The van der Waals surface area contributed by atoms with Gasteiger partial charge in [-0.1, -0.05) is 19.1 Å². The molecular formula is C15H24N2O2. The van der Waals surface area contributed by atoms with E-state index in [0.717, 1.165) is 23.3 Å². The van der Waals surface area contributed by atoms with E-state index >= 15 is 0 Å². The highest BCUT2D eigenvalue weighted by Crippen LogP contribution is 2.19. The average Bonchev–Trinajstić information content (AvgIpc) is 2.38. The maximum Gasteiger partial charge on any atom is 0.225 e. The lowest BCUT2D eigenvalue weighted by Gasteiger charge is -2.21. The van der Waals surface area contributed by atoms with E-state index in [2.05, 4.69) is 6.07 Å². The maximum absolute atomic E-state index is 12.1. The predicted molar refractivity (Wildman–Crippen MR) is 77.0 cm³/mol. The molecule has 0 fully saturated rings. The standard InChI is InChI=1S/C15H24N2O2/c1-11(7-8-16)15(18)17(3)10-13-5-6-14(19-4)12(2)9-13/h5-6,9,11H,7-8,10,16H2,1-4H3. The van der Waals surface area contributed by atoms with Crippen molar-refractivity contribution in [3.63, 3.8) is 0 Å². The summed E-state index contributed by atoms with van der Waals surface area (Å²) in [7, 11) is 3.49. The van der Waals surface area contributed by atoms with E-state index in [1.807, 2.05) is 33.0 Å². The molecule has 4 nitrogen and oxygen atoms in total. The summed E-state index contributed by atoms with van der Waals surface area (Å²) >= 11 is 0. The molecule has 0 spiro atoms. The minimum absolute atomic E-state index is 0.0191. The van der Waals surface area contributed by atoms with E-state index in [1.165, 1.54) is 0 Å². The average molecular weight is 264 g/mol. The number of aryl methyl sites for hydroxylation is 1. The Morgan fingerprint density at radius 1 is 1.47 bits per heavy atom. The Balaban J connectivity index is 2.68. The van der Waals surface area contributed by atoms with Crippen LogP contribution in [0, 0.1) is 12.8 Å². The van der Waals surface area contributed by atoms with Gasteiger partial charge in [0.15, 0.2) is 0 Å². The molecule has 0 heterocycles. The van der Waals surface area contributed by atoms with Gasteiger partial charge in [-0.25, -0.2) is 0 Å². The van der Waals surface area contributed by atoms with Gasteiger partial charge < -0.3 is 15.4 Å². The molecule has 1 aromatic rings. The van der Waals surface area contributed by atoms with Gasteiger partial charge in [-0.15, -0.1) is 0 Å². The van der Waals surface area contributed by atoms with Crippen LogP contribution >= 0.6 is 0 Å². The van der Waals surface area contributed by atoms with Crippen LogP contribution < -0.4 is 10.5 Å². The number of hydrogen-bond donors (Lipinski definition) is 1. The second kappa shape index (κ2) is 7.14. The van der Waals surface area contributed by atoms with Crippen molar-refractivity contribution in [1.29, 1.82) is 0 Å². The van der Waals surface area contributed by atoms with Crippen LogP contribution in [0.15, 0.2) is 18.2 Å². The maximum atomic E-state index is 12.1. The zero-order valence-corrected chi connectivity index (χ0v) is 12.3. The predicted octanol–water partition coefficient (Wildman–Crippen LogP) is 1.95. The third-order valence-corrected chi connectivity index (χ3v) is 3.28. The van der Waals surface area contributed by atoms with Gasteiger partial charge in [0, 0.05) is 19.5 Å². The van der Waals surface area contributed by atoms with Crippen LogP contribution in [0.2, 0.25) is 0 Å². The number of ether oxygens (including phenoxy) is 1. The summed E-state index contributed by atoms with van der Waals surface area (Å²) in [5.41, 5.74) is 7.67. The highest BCUT2D eigenvalue weighted by Gasteiger charge is 2.16. The number of carbonyl (C=O) groups is 1. The first kappa shape index (κ1) is 15.5. The van der Waals surface area contributed by atoms with Crippen LogP contribution in [-0.2, 0) is 11.3 Å². The highest BCUT2D eigenvalue weighted by atomic mass is 16.5. The van der Waals surface area contributed by atoms with Crippen LogP contribution in [0.3, 0.4) is 0 Å². The molecule has 1 atom stereocenters. The molecule has 0 aliphatic heterocycles. The summed E-state index contributed by atoms with van der Waals surface area (Å²) in [6.45, 7) is 5.08. The molecule has 0 saturated carbocycles. The van der Waals surface area contributed by atoms with Gasteiger partial charge in [0.05, 0.1) is 7.11 Å². The number of nitrogens with two attached hydrogens (primary N) is 1. The van der Waals surface area contributed by atoms with Crippen LogP contribution in [0.25, 0.3) is 0 Å². The molecule has 4 heteroatoms. The zero-order chi connectivity index (χ0) is 14.4. The van der Waals surface area contributed by atoms with Crippen molar-refractivity contribution in [3.8, 4) is 5.75 Å². The molecule has 0 bridgehead atoms. The summed E-state index contributed by atoms with van der Waals surface area (Å²) in [6, 6.07) is 5.98. The smallest absolute Gasteiger partial charge is 0.225 e. The first-order chi connectivity index (χ1) is 8.99. The summed E-state index contributed by atoms with van der Waals surface area (Å²) < 4.78 is 5.23. The Hall–Kier alpha value is -1.55. The summed E-state index contributed by atoms with van der Waals surface area (Å²) in [5, 5.41) is 0. The van der Waals surface area contributed by atoms with Crippen molar-refractivity contribution in [3.05, 3.63) is 29.3 Å². The second-order valence-corrected chi connectivity index (χ2v) is 4.98. The monoisotopic (exact) mass is 264 g/mol. The van der Waals surface area contributed by atoms with Crippen molar-refractivity contribution in [2.24, 2.45) is 11.7 Å². The minimum atomic E-state index is -0.0191. The molecule has 106 valence electrons. The quantitative estimate of drug-likeness (QED) is 0.854. The number of methoxy groups -OCH3 is 1. The fourth-order valence-corrected chi connectivity index (χ4v) is 2.14. The van der Waals surface area contributed by atoms with E-state index < -0.39 is 0 Å². The molecule has 1 unspecified atom stereocenters. The largest absolute Gasteiger partial charge is 0.496 e. The van der Waals surface area contributed by atoms with Gasteiger partial charge in [-0.05, 0) is 37.1 Å². The molecule has 0 saturated heterocycles. The van der Waals surface area contributed by atoms with Crippen LogP contribution in [0.1, 0.15) is 24.5 Å². The zero-order valence-electron chi connectivity index (χ0n) is 12.3. The summed E-state index contributed by atoms with van der Waals surface area (Å²) in [5.74, 6) is 0.988. The van der Waals surface area contributed by atoms with E-state index in [9.17, 15) is 4.79 Å². The SMILES string of the molecule is COc1ccc(CN(C)C(=O)C(C)CCN)cc1C. The second-order valence-electron chi connectivity index (χ2n) is 4.98. The third kappa shape index (κ3) is 4.24. The molecule has 0 aliphatic carbocycles. The van der Waals surface area contributed by atoms with E-state index in [4.69, 9.17) is 10.5 Å². The van der Waals surface area contributed by atoms with Gasteiger partial charge in [-0.3, -0.25) is 4.79 Å².